The van der Waals surface area contributed by atoms with Gasteiger partial charge in [-0.1, -0.05) is 23.7 Å². The zero-order valence-corrected chi connectivity index (χ0v) is 16.0. The van der Waals surface area contributed by atoms with E-state index < -0.39 is 0 Å². The third-order valence-electron chi connectivity index (χ3n) is 5.35. The van der Waals surface area contributed by atoms with Crippen LogP contribution in [0.5, 0.6) is 11.5 Å². The highest BCUT2D eigenvalue weighted by atomic mass is 35.5. The molecule has 1 aromatic heterocycles. The molecule has 2 heterocycles. The Balaban J connectivity index is 1.37. The van der Waals surface area contributed by atoms with E-state index in [0.717, 1.165) is 58.6 Å². The van der Waals surface area contributed by atoms with E-state index in [0.29, 0.717) is 17.9 Å². The van der Waals surface area contributed by atoms with Gasteiger partial charge in [-0.3, -0.25) is 9.78 Å². The summed E-state index contributed by atoms with van der Waals surface area (Å²) < 4.78 is 10.7. The van der Waals surface area contributed by atoms with Gasteiger partial charge in [0.15, 0.2) is 11.5 Å². The van der Waals surface area contributed by atoms with Crippen molar-refractivity contribution in [3.63, 3.8) is 0 Å². The van der Waals surface area contributed by atoms with Gasteiger partial charge in [0.25, 0.3) is 5.91 Å². The molecule has 2 aliphatic rings. The molecule has 5 nitrogen and oxygen atoms in total. The maximum atomic E-state index is 12.6. The molecule has 0 unspecified atom stereocenters. The number of amides is 1. The summed E-state index contributed by atoms with van der Waals surface area (Å²) in [4.78, 5) is 17.4. The van der Waals surface area contributed by atoms with Crippen molar-refractivity contribution >= 4 is 28.4 Å². The van der Waals surface area contributed by atoms with Crippen molar-refractivity contribution in [2.24, 2.45) is 0 Å². The number of benzene rings is 2. The highest BCUT2D eigenvalue weighted by molar-refractivity contribution is 6.36. The summed E-state index contributed by atoms with van der Waals surface area (Å²) in [5, 5.41) is 4.65. The fraction of sp³-hybridized carbons (Fsp3) is 0.273. The lowest BCUT2D eigenvalue weighted by molar-refractivity contribution is 0.0951. The number of hydrogen-bond donors (Lipinski definition) is 1. The van der Waals surface area contributed by atoms with Crippen LogP contribution in [-0.2, 0) is 19.4 Å². The first-order valence-corrected chi connectivity index (χ1v) is 9.84. The first kappa shape index (κ1) is 17.3. The van der Waals surface area contributed by atoms with Gasteiger partial charge in [-0.2, -0.15) is 0 Å². The summed E-state index contributed by atoms with van der Waals surface area (Å²) in [6, 6.07) is 11.2. The molecule has 0 atom stereocenters. The number of pyridine rings is 1. The summed E-state index contributed by atoms with van der Waals surface area (Å²) in [6.45, 7) is 0.646. The second kappa shape index (κ2) is 6.99. The van der Waals surface area contributed by atoms with Gasteiger partial charge in [0.05, 0.1) is 10.5 Å². The van der Waals surface area contributed by atoms with E-state index >= 15 is 0 Å². The molecule has 5 rings (SSSR count). The van der Waals surface area contributed by atoms with Gasteiger partial charge in [0.1, 0.15) is 0 Å². The molecule has 0 fully saturated rings. The minimum absolute atomic E-state index is 0.143. The smallest absolute Gasteiger partial charge is 0.251 e. The Morgan fingerprint density at radius 2 is 1.93 bits per heavy atom. The van der Waals surface area contributed by atoms with Crippen molar-refractivity contribution in [2.75, 3.05) is 6.79 Å². The molecular weight excluding hydrogens is 376 g/mol. The van der Waals surface area contributed by atoms with E-state index in [1.807, 2.05) is 30.3 Å². The Morgan fingerprint density at radius 3 is 2.86 bits per heavy atom. The van der Waals surface area contributed by atoms with E-state index in [9.17, 15) is 4.79 Å². The SMILES string of the molecule is O=C(NCc1ccc2c(c1)OCO2)c1ccc2c(Cl)c3c(nc2c1)CCCC3. The molecule has 1 aliphatic heterocycles. The molecule has 2 aromatic carbocycles. The normalized spacial score (nSPS) is 14.8. The molecule has 0 saturated heterocycles. The molecule has 1 amide bonds. The number of halogens is 1. The molecular formula is C22H19ClN2O3. The largest absolute Gasteiger partial charge is 0.454 e. The van der Waals surface area contributed by atoms with E-state index in [1.165, 1.54) is 5.56 Å². The van der Waals surface area contributed by atoms with Crippen LogP contribution < -0.4 is 14.8 Å². The highest BCUT2D eigenvalue weighted by Crippen LogP contribution is 2.34. The first-order valence-electron chi connectivity index (χ1n) is 9.47. The third kappa shape index (κ3) is 3.06. The molecule has 3 aromatic rings. The van der Waals surface area contributed by atoms with Crippen LogP contribution in [0.15, 0.2) is 36.4 Å². The van der Waals surface area contributed by atoms with E-state index in [1.54, 1.807) is 6.07 Å². The number of nitrogens with one attached hydrogen (secondary N) is 1. The van der Waals surface area contributed by atoms with Crippen LogP contribution in [0.25, 0.3) is 10.9 Å². The number of aryl methyl sites for hydroxylation is 1. The van der Waals surface area contributed by atoms with Gasteiger partial charge < -0.3 is 14.8 Å². The fourth-order valence-corrected chi connectivity index (χ4v) is 4.21. The predicted molar refractivity (Wildman–Crippen MR) is 107 cm³/mol. The number of fused-ring (bicyclic) bond motifs is 3. The molecule has 28 heavy (non-hydrogen) atoms. The molecule has 1 aliphatic carbocycles. The van der Waals surface area contributed by atoms with Crippen LogP contribution in [0, 0.1) is 0 Å². The standard InChI is InChI=1S/C22H19ClN2O3/c23-21-15-3-1-2-4-17(15)25-18-10-14(6-7-16(18)21)22(26)24-11-13-5-8-19-20(9-13)28-12-27-19/h5-10H,1-4,11-12H2,(H,24,26). The van der Waals surface area contributed by atoms with Gasteiger partial charge in [-0.15, -0.1) is 0 Å². The second-order valence-electron chi connectivity index (χ2n) is 7.16. The zero-order valence-electron chi connectivity index (χ0n) is 15.3. The van der Waals surface area contributed by atoms with Crippen molar-refractivity contribution in [2.45, 2.75) is 32.2 Å². The summed E-state index contributed by atoms with van der Waals surface area (Å²) in [5.74, 6) is 1.30. The molecule has 6 heteroatoms. The topological polar surface area (TPSA) is 60.5 Å². The maximum absolute atomic E-state index is 12.6. The van der Waals surface area contributed by atoms with Gasteiger partial charge in [-0.05, 0) is 61.1 Å². The minimum atomic E-state index is -0.143. The minimum Gasteiger partial charge on any atom is -0.454 e. The van der Waals surface area contributed by atoms with Crippen LogP contribution in [0.2, 0.25) is 5.02 Å². The van der Waals surface area contributed by atoms with Crippen LogP contribution in [0.4, 0.5) is 0 Å². The third-order valence-corrected chi connectivity index (χ3v) is 5.78. The number of nitrogens with zero attached hydrogens (tertiary/aromatic N) is 1. The van der Waals surface area contributed by atoms with Crippen molar-refractivity contribution in [1.82, 2.24) is 10.3 Å². The summed E-state index contributed by atoms with van der Waals surface area (Å²) in [7, 11) is 0. The van der Waals surface area contributed by atoms with Gasteiger partial charge in [0.2, 0.25) is 6.79 Å². The number of carbonyl (C=O) groups is 1. The fourth-order valence-electron chi connectivity index (χ4n) is 3.84. The molecule has 0 saturated carbocycles. The Bertz CT molecular complexity index is 1100. The number of ether oxygens (including phenoxy) is 2. The van der Waals surface area contributed by atoms with Gasteiger partial charge in [-0.25, -0.2) is 0 Å². The predicted octanol–water partition coefficient (Wildman–Crippen LogP) is 4.43. The molecule has 0 radical (unpaired) electrons. The van der Waals surface area contributed by atoms with Crippen molar-refractivity contribution in [1.29, 1.82) is 0 Å². The average Bonchev–Trinajstić information content (AvgIpc) is 3.20. The van der Waals surface area contributed by atoms with Crippen molar-refractivity contribution in [3.05, 3.63) is 63.8 Å². The summed E-state index contributed by atoms with van der Waals surface area (Å²) in [5.41, 5.74) is 4.55. The molecule has 1 N–H and O–H groups in total. The van der Waals surface area contributed by atoms with E-state index in [-0.39, 0.29) is 12.7 Å². The van der Waals surface area contributed by atoms with Crippen molar-refractivity contribution < 1.29 is 14.3 Å². The summed E-state index contributed by atoms with van der Waals surface area (Å²) >= 11 is 6.62. The monoisotopic (exact) mass is 394 g/mol. The second-order valence-corrected chi connectivity index (χ2v) is 7.54. The van der Waals surface area contributed by atoms with Crippen LogP contribution in [0.1, 0.15) is 40.0 Å². The average molecular weight is 395 g/mol. The lowest BCUT2D eigenvalue weighted by Crippen LogP contribution is -2.22. The van der Waals surface area contributed by atoms with Crippen LogP contribution >= 0.6 is 11.6 Å². The Kier molecular flexibility index (Phi) is 4.32. The number of hydrogen-bond acceptors (Lipinski definition) is 4. The molecule has 0 bridgehead atoms. The quantitative estimate of drug-likeness (QED) is 0.714. The molecule has 142 valence electrons. The number of aromatic nitrogens is 1. The lowest BCUT2D eigenvalue weighted by Gasteiger charge is -2.18. The molecule has 0 spiro atoms. The first-order chi connectivity index (χ1) is 13.7. The van der Waals surface area contributed by atoms with Crippen LogP contribution in [-0.4, -0.2) is 17.7 Å². The summed E-state index contributed by atoms with van der Waals surface area (Å²) in [6.07, 6.45) is 4.22. The number of carbonyl (C=O) groups excluding carboxylic acids is 1. The Hall–Kier alpha value is -2.79. The van der Waals surface area contributed by atoms with Gasteiger partial charge >= 0.3 is 0 Å². The van der Waals surface area contributed by atoms with Crippen molar-refractivity contribution in [3.8, 4) is 11.5 Å². The van der Waals surface area contributed by atoms with E-state index in [4.69, 9.17) is 26.1 Å². The van der Waals surface area contributed by atoms with Crippen LogP contribution in [0.3, 0.4) is 0 Å². The maximum Gasteiger partial charge on any atom is 0.251 e. The zero-order chi connectivity index (χ0) is 19.1. The number of rotatable bonds is 3. The Labute approximate surface area is 167 Å². The highest BCUT2D eigenvalue weighted by Gasteiger charge is 2.18. The van der Waals surface area contributed by atoms with Gasteiger partial charge in [0, 0.05) is 23.2 Å². The lowest BCUT2D eigenvalue weighted by atomic mass is 9.94. The Morgan fingerprint density at radius 1 is 1.07 bits per heavy atom. The van der Waals surface area contributed by atoms with E-state index in [2.05, 4.69) is 5.32 Å².